The molecule has 0 aromatic heterocycles. The maximum absolute atomic E-state index is 12.7. The lowest BCUT2D eigenvalue weighted by Gasteiger charge is -2.43. The Morgan fingerprint density at radius 1 is 1.23 bits per heavy atom. The minimum atomic E-state index is -1.09. The third kappa shape index (κ3) is 5.25. The average molecular weight is 433 g/mol. The van der Waals surface area contributed by atoms with Gasteiger partial charge in [0.1, 0.15) is 24.7 Å². The molecule has 8 nitrogen and oxygen atoms in total. The molecule has 0 spiro atoms. The maximum atomic E-state index is 12.7. The van der Waals surface area contributed by atoms with E-state index in [4.69, 9.17) is 14.3 Å². The molecule has 2 aliphatic rings. The number of piperidine rings is 1. The summed E-state index contributed by atoms with van der Waals surface area (Å²) in [5.74, 6) is -1.72. The number of unbranched alkanes of at least 4 members (excludes halogenated alkanes) is 1. The number of fused-ring (bicyclic) bond motifs is 2. The number of benzene rings is 1. The third-order valence-electron chi connectivity index (χ3n) is 6.27. The molecule has 3 rings (SSSR count). The zero-order chi connectivity index (χ0) is 22.4. The fourth-order valence-corrected chi connectivity index (χ4v) is 4.49. The van der Waals surface area contributed by atoms with Crippen molar-refractivity contribution in [1.29, 1.82) is 0 Å². The number of carbonyl (C=O) groups excluding carboxylic acids is 2. The topological polar surface area (TPSA) is 97.7 Å². The molecule has 0 saturated carbocycles. The minimum Gasteiger partial charge on any atom is -0.469 e. The normalized spacial score (nSPS) is 27.9. The first-order chi connectivity index (χ1) is 15.0. The van der Waals surface area contributed by atoms with E-state index in [0.29, 0.717) is 18.6 Å². The fraction of sp³-hybridized carbons (Fsp3) is 0.609. The summed E-state index contributed by atoms with van der Waals surface area (Å²) in [6.45, 7) is 2.70. The third-order valence-corrected chi connectivity index (χ3v) is 6.27. The number of carbonyl (C=O) groups is 2. The number of ether oxygens (including phenoxy) is 2. The largest absolute Gasteiger partial charge is 0.469 e. The molecule has 1 N–H and O–H groups in total. The van der Waals surface area contributed by atoms with E-state index in [9.17, 15) is 14.7 Å². The lowest BCUT2D eigenvalue weighted by atomic mass is 9.86. The van der Waals surface area contributed by atoms with Crippen LogP contribution in [0.15, 0.2) is 29.4 Å². The molecule has 2 fully saturated rings. The molecular formula is C23H32N2O6. The summed E-state index contributed by atoms with van der Waals surface area (Å²) in [5, 5.41) is 14.7. The highest BCUT2D eigenvalue weighted by molar-refractivity contribution is 5.89. The molecule has 1 unspecified atom stereocenters. The van der Waals surface area contributed by atoms with Gasteiger partial charge in [0.15, 0.2) is 0 Å². The number of methoxy groups -OCH3 is 1. The Morgan fingerprint density at radius 3 is 2.61 bits per heavy atom. The summed E-state index contributed by atoms with van der Waals surface area (Å²) in [6.07, 6.45) is 3.96. The summed E-state index contributed by atoms with van der Waals surface area (Å²) in [7, 11) is 3.20. The number of likely N-dealkylation sites (N-methyl/N-ethyl adjacent to an activating group) is 1. The first-order valence-corrected chi connectivity index (χ1v) is 10.9. The molecule has 31 heavy (non-hydrogen) atoms. The second-order valence-corrected chi connectivity index (χ2v) is 8.16. The molecule has 2 heterocycles. The summed E-state index contributed by atoms with van der Waals surface area (Å²) < 4.78 is 10.6. The van der Waals surface area contributed by atoms with Gasteiger partial charge in [-0.1, -0.05) is 30.6 Å². The van der Waals surface area contributed by atoms with E-state index in [1.165, 1.54) is 7.11 Å². The fourth-order valence-electron chi connectivity index (χ4n) is 4.49. The van der Waals surface area contributed by atoms with Gasteiger partial charge in [0.25, 0.3) is 0 Å². The van der Waals surface area contributed by atoms with Gasteiger partial charge in [-0.2, -0.15) is 0 Å². The molecule has 1 aromatic carbocycles. The van der Waals surface area contributed by atoms with Crippen molar-refractivity contribution in [1.82, 2.24) is 4.90 Å². The molecule has 2 bridgehead atoms. The molecule has 2 aliphatic heterocycles. The molecule has 170 valence electrons. The van der Waals surface area contributed by atoms with Crippen molar-refractivity contribution in [2.45, 2.75) is 63.3 Å². The zero-order valence-corrected chi connectivity index (χ0v) is 18.4. The quantitative estimate of drug-likeness (QED) is 0.276. The standard InChI is InChI=1S/C23H32N2O6/c1-4-5-14-30-24-13-12-15-6-8-16(9-7-15)22(27)31-21-18-11-10-17(25(18)2)19(20(21)26)23(28)29-3/h6-9,13,17-21,26H,4-5,10-12,14H2,1-3H3/t17-,18+,19-,20-,21?/m1/s1. The summed E-state index contributed by atoms with van der Waals surface area (Å²) in [5.41, 5.74) is 1.38. The lowest BCUT2D eigenvalue weighted by Crippen LogP contribution is -2.61. The highest BCUT2D eigenvalue weighted by Crippen LogP contribution is 2.40. The van der Waals surface area contributed by atoms with Crippen molar-refractivity contribution in [3.63, 3.8) is 0 Å². The Morgan fingerprint density at radius 2 is 1.94 bits per heavy atom. The van der Waals surface area contributed by atoms with E-state index in [1.54, 1.807) is 18.3 Å². The van der Waals surface area contributed by atoms with Gasteiger partial charge in [-0.3, -0.25) is 9.69 Å². The van der Waals surface area contributed by atoms with E-state index < -0.39 is 30.1 Å². The Kier molecular flexibility index (Phi) is 8.03. The van der Waals surface area contributed by atoms with E-state index in [2.05, 4.69) is 12.1 Å². The second-order valence-electron chi connectivity index (χ2n) is 8.16. The number of nitrogens with zero attached hydrogens (tertiary/aromatic N) is 2. The van der Waals surface area contributed by atoms with Crippen molar-refractivity contribution < 1.29 is 29.0 Å². The predicted molar refractivity (Wildman–Crippen MR) is 115 cm³/mol. The molecule has 5 atom stereocenters. The second kappa shape index (κ2) is 10.7. The Hall–Kier alpha value is -2.45. The first kappa shape index (κ1) is 23.2. The van der Waals surface area contributed by atoms with Gasteiger partial charge in [0.05, 0.1) is 12.7 Å². The SMILES string of the molecule is CCCCON=CCc1ccc(C(=O)OC2[C@H](O)[C@H](C(=O)OC)[C@H]3CC[C@@H]2N3C)cc1. The van der Waals surface area contributed by atoms with Gasteiger partial charge in [0, 0.05) is 24.7 Å². The smallest absolute Gasteiger partial charge is 0.338 e. The van der Waals surface area contributed by atoms with Gasteiger partial charge in [0.2, 0.25) is 0 Å². The van der Waals surface area contributed by atoms with Crippen molar-refractivity contribution in [3.05, 3.63) is 35.4 Å². The van der Waals surface area contributed by atoms with Crippen LogP contribution < -0.4 is 0 Å². The van der Waals surface area contributed by atoms with Crippen molar-refractivity contribution >= 4 is 18.2 Å². The molecule has 0 aliphatic carbocycles. The Labute approximate surface area is 183 Å². The lowest BCUT2D eigenvalue weighted by molar-refractivity contribution is -0.166. The number of rotatable bonds is 9. The monoisotopic (exact) mass is 432 g/mol. The van der Waals surface area contributed by atoms with Crippen LogP contribution in [0, 0.1) is 5.92 Å². The summed E-state index contributed by atoms with van der Waals surface area (Å²) in [6, 6.07) is 6.83. The van der Waals surface area contributed by atoms with E-state index in [0.717, 1.165) is 31.2 Å². The van der Waals surface area contributed by atoms with Gasteiger partial charge in [-0.05, 0) is 44.0 Å². The van der Waals surface area contributed by atoms with Gasteiger partial charge < -0.3 is 19.4 Å². The van der Waals surface area contributed by atoms with Crippen LogP contribution in [0.1, 0.15) is 48.5 Å². The van der Waals surface area contributed by atoms with Gasteiger partial charge >= 0.3 is 11.9 Å². The van der Waals surface area contributed by atoms with Crippen molar-refractivity contribution in [2.24, 2.45) is 11.1 Å². The number of oxime groups is 1. The first-order valence-electron chi connectivity index (χ1n) is 10.9. The molecule has 1 aromatic rings. The minimum absolute atomic E-state index is 0.102. The van der Waals surface area contributed by atoms with Crippen LogP contribution in [-0.2, 0) is 25.5 Å². The molecule has 0 amide bonds. The predicted octanol–water partition coefficient (Wildman–Crippen LogP) is 2.18. The number of aliphatic hydroxyl groups excluding tert-OH is 1. The van der Waals surface area contributed by atoms with Crippen LogP contribution in [0.25, 0.3) is 0 Å². The highest BCUT2D eigenvalue weighted by atomic mass is 16.6. The highest BCUT2D eigenvalue weighted by Gasteiger charge is 2.55. The van der Waals surface area contributed by atoms with Crippen LogP contribution in [0.2, 0.25) is 0 Å². The summed E-state index contributed by atoms with van der Waals surface area (Å²) in [4.78, 5) is 32.2. The van der Waals surface area contributed by atoms with E-state index in [1.807, 2.05) is 24.1 Å². The Balaban J connectivity index is 1.61. The summed E-state index contributed by atoms with van der Waals surface area (Å²) >= 11 is 0. The van der Waals surface area contributed by atoms with Crippen molar-refractivity contribution in [3.8, 4) is 0 Å². The number of hydrogen-bond acceptors (Lipinski definition) is 8. The molecular weight excluding hydrogens is 400 g/mol. The van der Waals surface area contributed by atoms with Crippen LogP contribution in [0.5, 0.6) is 0 Å². The van der Waals surface area contributed by atoms with Gasteiger partial charge in [-0.15, -0.1) is 0 Å². The van der Waals surface area contributed by atoms with E-state index >= 15 is 0 Å². The number of hydrogen-bond donors (Lipinski definition) is 1. The Bertz CT molecular complexity index is 781. The van der Waals surface area contributed by atoms with Crippen LogP contribution in [0.4, 0.5) is 0 Å². The van der Waals surface area contributed by atoms with E-state index in [-0.39, 0.29) is 12.1 Å². The maximum Gasteiger partial charge on any atom is 0.338 e. The molecule has 8 heteroatoms. The number of esters is 2. The zero-order valence-electron chi connectivity index (χ0n) is 18.4. The molecule has 0 radical (unpaired) electrons. The van der Waals surface area contributed by atoms with Crippen LogP contribution >= 0.6 is 0 Å². The van der Waals surface area contributed by atoms with Crippen molar-refractivity contribution in [2.75, 3.05) is 20.8 Å². The van der Waals surface area contributed by atoms with Crippen LogP contribution in [-0.4, -0.2) is 73.2 Å². The average Bonchev–Trinajstić information content (AvgIpc) is 3.07. The van der Waals surface area contributed by atoms with Crippen LogP contribution in [0.3, 0.4) is 0 Å². The van der Waals surface area contributed by atoms with Gasteiger partial charge in [-0.25, -0.2) is 4.79 Å². The number of aliphatic hydroxyl groups is 1. The molecule has 2 saturated heterocycles.